The Bertz CT molecular complexity index is 1290. The van der Waals surface area contributed by atoms with Gasteiger partial charge in [0.1, 0.15) is 23.0 Å². The first kappa shape index (κ1) is 19.6. The number of aryl methyl sites for hydroxylation is 1. The summed E-state index contributed by atoms with van der Waals surface area (Å²) in [6, 6.07) is 7.20. The minimum Gasteiger partial charge on any atom is -0.370 e. The molecule has 0 unspecified atom stereocenters. The molecule has 0 aliphatic carbocycles. The molecule has 3 heterocycles. The molecule has 1 saturated heterocycles. The van der Waals surface area contributed by atoms with Crippen LogP contribution in [-0.2, 0) is 0 Å². The number of rotatable bonds is 4. The summed E-state index contributed by atoms with van der Waals surface area (Å²) in [5.41, 5.74) is 8.98. The van der Waals surface area contributed by atoms with E-state index in [-0.39, 0.29) is 16.9 Å². The van der Waals surface area contributed by atoms with Crippen LogP contribution < -0.4 is 10.6 Å². The van der Waals surface area contributed by atoms with Crippen LogP contribution in [0.2, 0.25) is 0 Å². The molecule has 3 N–H and O–H groups in total. The van der Waals surface area contributed by atoms with Crippen LogP contribution in [0.1, 0.15) is 5.56 Å². The summed E-state index contributed by atoms with van der Waals surface area (Å²) in [6.07, 6.45) is 3.23. The van der Waals surface area contributed by atoms with E-state index in [1.807, 2.05) is 0 Å². The Kier molecular flexibility index (Phi) is 4.66. The van der Waals surface area contributed by atoms with Crippen molar-refractivity contribution in [2.24, 2.45) is 11.7 Å². The number of fused-ring (bicyclic) bond motifs is 1. The summed E-state index contributed by atoms with van der Waals surface area (Å²) in [4.78, 5) is 13.8. The summed E-state index contributed by atoms with van der Waals surface area (Å²) in [6.45, 7) is 3.68. The third kappa shape index (κ3) is 3.23. The van der Waals surface area contributed by atoms with Crippen LogP contribution in [0.5, 0.6) is 0 Å². The number of nitrogens with one attached hydrogen (secondary N) is 1. The molecule has 4 aromatic rings. The number of hydrogen-bond donors (Lipinski definition) is 2. The molecule has 1 aliphatic rings. The fourth-order valence-electron chi connectivity index (χ4n) is 4.09. The summed E-state index contributed by atoms with van der Waals surface area (Å²) in [5.74, 6) is -1.09. The highest BCUT2D eigenvalue weighted by Gasteiger charge is 2.31. The predicted octanol–water partition coefficient (Wildman–Crippen LogP) is 4.41. The molecule has 0 atom stereocenters. The van der Waals surface area contributed by atoms with Gasteiger partial charge in [-0.2, -0.15) is 0 Å². The van der Waals surface area contributed by atoms with Gasteiger partial charge >= 0.3 is 0 Å². The first-order chi connectivity index (χ1) is 15.0. The van der Waals surface area contributed by atoms with E-state index in [9.17, 15) is 8.78 Å². The zero-order chi connectivity index (χ0) is 21.7. The highest BCUT2D eigenvalue weighted by atomic mass is 19.1. The molecule has 1 fully saturated rings. The number of aromatic amines is 1. The molecule has 0 saturated carbocycles. The largest absolute Gasteiger partial charge is 0.370 e. The first-order valence-electron chi connectivity index (χ1n) is 10.00. The SMILES string of the molecule is Cc1cccc(-c2cncc(-c3nc4c(F)cc(F)cc4[nH]3)c2N2CC(CN)C2)c1F. The fourth-order valence-corrected chi connectivity index (χ4v) is 4.09. The van der Waals surface area contributed by atoms with Gasteiger partial charge in [0.25, 0.3) is 0 Å². The Labute approximate surface area is 176 Å². The van der Waals surface area contributed by atoms with Gasteiger partial charge in [-0.1, -0.05) is 18.2 Å². The van der Waals surface area contributed by atoms with Crippen molar-refractivity contribution in [3.05, 3.63) is 65.7 Å². The molecule has 0 amide bonds. The summed E-state index contributed by atoms with van der Waals surface area (Å²) >= 11 is 0. The number of benzene rings is 2. The Hall–Kier alpha value is -3.39. The van der Waals surface area contributed by atoms with Crippen molar-refractivity contribution in [2.75, 3.05) is 24.5 Å². The third-order valence-electron chi connectivity index (χ3n) is 5.77. The van der Waals surface area contributed by atoms with E-state index in [1.165, 1.54) is 6.07 Å². The number of aromatic nitrogens is 3. The van der Waals surface area contributed by atoms with Crippen molar-refractivity contribution in [3.63, 3.8) is 0 Å². The van der Waals surface area contributed by atoms with Crippen LogP contribution in [0.15, 0.2) is 42.7 Å². The van der Waals surface area contributed by atoms with Crippen molar-refractivity contribution in [2.45, 2.75) is 6.92 Å². The first-order valence-corrected chi connectivity index (χ1v) is 10.00. The van der Waals surface area contributed by atoms with Crippen LogP contribution in [0.3, 0.4) is 0 Å². The van der Waals surface area contributed by atoms with Crippen LogP contribution in [0.4, 0.5) is 18.9 Å². The second kappa shape index (κ2) is 7.39. The van der Waals surface area contributed by atoms with E-state index >= 15 is 4.39 Å². The average Bonchev–Trinajstić information content (AvgIpc) is 3.14. The van der Waals surface area contributed by atoms with Crippen molar-refractivity contribution in [1.29, 1.82) is 0 Å². The average molecular weight is 423 g/mol. The Balaban J connectivity index is 1.73. The zero-order valence-corrected chi connectivity index (χ0v) is 16.8. The van der Waals surface area contributed by atoms with Gasteiger partial charge in [0.15, 0.2) is 5.82 Å². The Morgan fingerprint density at radius 2 is 1.87 bits per heavy atom. The number of halogens is 3. The molecule has 5 nitrogen and oxygen atoms in total. The molecule has 0 bridgehead atoms. The van der Waals surface area contributed by atoms with Gasteiger partial charge in [-0.05, 0) is 25.1 Å². The number of hydrogen-bond acceptors (Lipinski definition) is 4. The lowest BCUT2D eigenvalue weighted by Crippen LogP contribution is -2.50. The molecule has 5 rings (SSSR count). The van der Waals surface area contributed by atoms with Gasteiger partial charge < -0.3 is 15.6 Å². The number of nitrogens with zero attached hydrogens (tertiary/aromatic N) is 3. The van der Waals surface area contributed by atoms with Crippen molar-refractivity contribution >= 4 is 16.7 Å². The number of imidazole rings is 1. The van der Waals surface area contributed by atoms with E-state index in [0.29, 0.717) is 53.6 Å². The molecule has 158 valence electrons. The number of nitrogens with two attached hydrogens (primary N) is 1. The molecular formula is C23H20F3N5. The second-order valence-electron chi connectivity index (χ2n) is 7.90. The fraction of sp³-hybridized carbons (Fsp3) is 0.217. The number of H-pyrrole nitrogens is 1. The summed E-state index contributed by atoms with van der Waals surface area (Å²) in [5, 5.41) is 0. The van der Waals surface area contributed by atoms with E-state index in [4.69, 9.17) is 5.73 Å². The van der Waals surface area contributed by atoms with Gasteiger partial charge in [-0.3, -0.25) is 4.98 Å². The molecule has 0 radical (unpaired) electrons. The highest BCUT2D eigenvalue weighted by Crippen LogP contribution is 2.42. The van der Waals surface area contributed by atoms with E-state index in [0.717, 1.165) is 11.8 Å². The smallest absolute Gasteiger partial charge is 0.153 e. The van der Waals surface area contributed by atoms with Gasteiger partial charge in [-0.15, -0.1) is 0 Å². The second-order valence-corrected chi connectivity index (χ2v) is 7.90. The zero-order valence-electron chi connectivity index (χ0n) is 16.8. The quantitative estimate of drug-likeness (QED) is 0.510. The molecule has 8 heteroatoms. The molecule has 2 aromatic carbocycles. The Morgan fingerprint density at radius 3 is 2.65 bits per heavy atom. The minimum absolute atomic E-state index is 0.0398. The molecule has 31 heavy (non-hydrogen) atoms. The molecule has 2 aromatic heterocycles. The number of anilines is 1. The maximum absolute atomic E-state index is 15.0. The van der Waals surface area contributed by atoms with Gasteiger partial charge in [0.2, 0.25) is 0 Å². The summed E-state index contributed by atoms with van der Waals surface area (Å²) in [7, 11) is 0. The molecular weight excluding hydrogens is 403 g/mol. The summed E-state index contributed by atoms with van der Waals surface area (Å²) < 4.78 is 42.9. The molecule has 1 aliphatic heterocycles. The lowest BCUT2D eigenvalue weighted by Gasteiger charge is -2.42. The molecule has 0 spiro atoms. The van der Waals surface area contributed by atoms with Crippen LogP contribution in [0.25, 0.3) is 33.5 Å². The van der Waals surface area contributed by atoms with Gasteiger partial charge in [0.05, 0.1) is 16.8 Å². The van der Waals surface area contributed by atoms with Gasteiger partial charge in [0, 0.05) is 48.6 Å². The van der Waals surface area contributed by atoms with Gasteiger partial charge in [-0.25, -0.2) is 18.2 Å². The standard InChI is InChI=1S/C23H20F3N5/c1-12-3-2-4-15(20(12)26)16-8-28-9-17(22(16)31-10-13(7-27)11-31)23-29-19-6-14(24)5-18(25)21(19)30-23/h2-6,8-9,13H,7,10-11,27H2,1H3,(H,29,30). The third-order valence-corrected chi connectivity index (χ3v) is 5.77. The Morgan fingerprint density at radius 1 is 1.10 bits per heavy atom. The van der Waals surface area contributed by atoms with E-state index in [1.54, 1.807) is 37.5 Å². The normalized spacial score (nSPS) is 14.3. The van der Waals surface area contributed by atoms with Crippen molar-refractivity contribution < 1.29 is 13.2 Å². The van der Waals surface area contributed by atoms with E-state index in [2.05, 4.69) is 19.9 Å². The van der Waals surface area contributed by atoms with Crippen molar-refractivity contribution in [1.82, 2.24) is 15.0 Å². The highest BCUT2D eigenvalue weighted by molar-refractivity contribution is 5.91. The minimum atomic E-state index is -0.750. The monoisotopic (exact) mass is 423 g/mol. The lowest BCUT2D eigenvalue weighted by atomic mass is 9.94. The van der Waals surface area contributed by atoms with Crippen LogP contribution >= 0.6 is 0 Å². The maximum Gasteiger partial charge on any atom is 0.153 e. The number of pyridine rings is 1. The predicted molar refractivity (Wildman–Crippen MR) is 114 cm³/mol. The van der Waals surface area contributed by atoms with E-state index < -0.39 is 11.6 Å². The van der Waals surface area contributed by atoms with Crippen LogP contribution in [-0.4, -0.2) is 34.6 Å². The topological polar surface area (TPSA) is 70.8 Å². The van der Waals surface area contributed by atoms with Crippen molar-refractivity contribution in [3.8, 4) is 22.5 Å². The van der Waals surface area contributed by atoms with Crippen LogP contribution in [0, 0.1) is 30.3 Å². The maximum atomic E-state index is 15.0. The lowest BCUT2D eigenvalue weighted by molar-refractivity contribution is 0.421.